The Bertz CT molecular complexity index is 427. The zero-order chi connectivity index (χ0) is 10.6. The number of hydrogen-bond acceptors (Lipinski definition) is 2. The van der Waals surface area contributed by atoms with Gasteiger partial charge in [-0.15, -0.1) is 0 Å². The minimum Gasteiger partial charge on any atom is -0.478 e. The molecule has 0 spiro atoms. The van der Waals surface area contributed by atoms with Gasteiger partial charge in [0.05, 0.1) is 11.6 Å². The summed E-state index contributed by atoms with van der Waals surface area (Å²) in [7, 11) is 0. The SMILES string of the molecule is Cc1cccc(C#N)c1C=CC(=O)O. The van der Waals surface area contributed by atoms with E-state index in [9.17, 15) is 4.79 Å². The number of hydrogen-bond donors (Lipinski definition) is 1. The highest BCUT2D eigenvalue weighted by Gasteiger charge is 2.01. The van der Waals surface area contributed by atoms with Crippen LogP contribution in [-0.2, 0) is 4.79 Å². The van der Waals surface area contributed by atoms with Gasteiger partial charge in [0.25, 0.3) is 0 Å². The zero-order valence-corrected chi connectivity index (χ0v) is 7.69. The normalized spacial score (nSPS) is 10.0. The van der Waals surface area contributed by atoms with Gasteiger partial charge in [-0.3, -0.25) is 0 Å². The summed E-state index contributed by atoms with van der Waals surface area (Å²) in [5.74, 6) is -1.02. The maximum atomic E-state index is 10.3. The number of aryl methyl sites for hydroxylation is 1. The lowest BCUT2D eigenvalue weighted by molar-refractivity contribution is -0.131. The minimum absolute atomic E-state index is 0.488. The van der Waals surface area contributed by atoms with Crippen LogP contribution in [0.5, 0.6) is 0 Å². The smallest absolute Gasteiger partial charge is 0.328 e. The van der Waals surface area contributed by atoms with E-state index in [4.69, 9.17) is 10.4 Å². The van der Waals surface area contributed by atoms with Gasteiger partial charge in [0.2, 0.25) is 0 Å². The van der Waals surface area contributed by atoms with Crippen molar-refractivity contribution in [2.24, 2.45) is 0 Å². The van der Waals surface area contributed by atoms with Crippen LogP contribution in [0.1, 0.15) is 16.7 Å². The summed E-state index contributed by atoms with van der Waals surface area (Å²) in [4.78, 5) is 10.3. The van der Waals surface area contributed by atoms with E-state index in [1.807, 2.05) is 19.1 Å². The fourth-order valence-corrected chi connectivity index (χ4v) is 1.15. The van der Waals surface area contributed by atoms with E-state index in [-0.39, 0.29) is 0 Å². The topological polar surface area (TPSA) is 61.1 Å². The standard InChI is InChI=1S/C11H9NO2/c1-8-3-2-4-9(7-12)10(8)5-6-11(13)14/h2-6H,1H3,(H,13,14). The predicted molar refractivity (Wildman–Crippen MR) is 52.6 cm³/mol. The van der Waals surface area contributed by atoms with Crippen molar-refractivity contribution in [3.8, 4) is 6.07 Å². The van der Waals surface area contributed by atoms with Gasteiger partial charge < -0.3 is 5.11 Å². The molecular formula is C11H9NO2. The number of rotatable bonds is 2. The van der Waals surface area contributed by atoms with E-state index >= 15 is 0 Å². The van der Waals surface area contributed by atoms with Gasteiger partial charge in [-0.1, -0.05) is 12.1 Å². The van der Waals surface area contributed by atoms with E-state index in [2.05, 4.69) is 0 Å². The lowest BCUT2D eigenvalue weighted by Gasteiger charge is -2.01. The summed E-state index contributed by atoms with van der Waals surface area (Å²) in [6, 6.07) is 7.28. The number of aliphatic carboxylic acids is 1. The van der Waals surface area contributed by atoms with Crippen LogP contribution in [0.4, 0.5) is 0 Å². The molecule has 14 heavy (non-hydrogen) atoms. The van der Waals surface area contributed by atoms with Gasteiger partial charge in [0.15, 0.2) is 0 Å². The Morgan fingerprint density at radius 2 is 2.29 bits per heavy atom. The second-order valence-electron chi connectivity index (χ2n) is 2.82. The average Bonchev–Trinajstić information content (AvgIpc) is 2.15. The fraction of sp³-hybridized carbons (Fsp3) is 0.0909. The van der Waals surface area contributed by atoms with Crippen molar-refractivity contribution in [3.63, 3.8) is 0 Å². The van der Waals surface area contributed by atoms with Crippen molar-refractivity contribution in [1.82, 2.24) is 0 Å². The van der Waals surface area contributed by atoms with Gasteiger partial charge in [-0.05, 0) is 30.2 Å². The van der Waals surface area contributed by atoms with Crippen molar-refractivity contribution >= 4 is 12.0 Å². The molecule has 0 fully saturated rings. The molecule has 1 rings (SSSR count). The summed E-state index contributed by atoms with van der Waals surface area (Å²) in [5.41, 5.74) is 2.04. The summed E-state index contributed by atoms with van der Waals surface area (Å²) >= 11 is 0. The summed E-state index contributed by atoms with van der Waals surface area (Å²) < 4.78 is 0. The summed E-state index contributed by atoms with van der Waals surface area (Å²) in [6.45, 7) is 1.84. The van der Waals surface area contributed by atoms with E-state index in [0.717, 1.165) is 11.6 Å². The largest absolute Gasteiger partial charge is 0.478 e. The molecule has 0 atom stereocenters. The molecule has 1 N–H and O–H groups in total. The van der Waals surface area contributed by atoms with Gasteiger partial charge in [-0.2, -0.15) is 5.26 Å². The third-order valence-corrected chi connectivity index (χ3v) is 1.84. The minimum atomic E-state index is -1.02. The molecule has 70 valence electrons. The molecule has 1 aromatic carbocycles. The lowest BCUT2D eigenvalue weighted by Crippen LogP contribution is -1.90. The van der Waals surface area contributed by atoms with E-state index in [0.29, 0.717) is 11.1 Å². The average molecular weight is 187 g/mol. The molecule has 0 aromatic heterocycles. The fourth-order valence-electron chi connectivity index (χ4n) is 1.15. The van der Waals surface area contributed by atoms with Gasteiger partial charge in [-0.25, -0.2) is 4.79 Å². The number of carbonyl (C=O) groups is 1. The molecule has 0 aliphatic heterocycles. The molecule has 3 nitrogen and oxygen atoms in total. The summed E-state index contributed by atoms with van der Waals surface area (Å²) in [5, 5.41) is 17.2. The van der Waals surface area contributed by atoms with E-state index in [1.54, 1.807) is 12.1 Å². The second-order valence-corrected chi connectivity index (χ2v) is 2.82. The predicted octanol–water partition coefficient (Wildman–Crippen LogP) is 1.96. The monoisotopic (exact) mass is 187 g/mol. The molecule has 3 heteroatoms. The third-order valence-electron chi connectivity index (χ3n) is 1.84. The molecule has 0 amide bonds. The molecular weight excluding hydrogens is 178 g/mol. The second kappa shape index (κ2) is 4.24. The van der Waals surface area contributed by atoms with Gasteiger partial charge >= 0.3 is 5.97 Å². The van der Waals surface area contributed by atoms with Crippen molar-refractivity contribution < 1.29 is 9.90 Å². The first-order valence-electron chi connectivity index (χ1n) is 4.06. The van der Waals surface area contributed by atoms with Crippen molar-refractivity contribution in [2.45, 2.75) is 6.92 Å². The first kappa shape index (κ1) is 10.0. The maximum absolute atomic E-state index is 10.3. The van der Waals surface area contributed by atoms with E-state index in [1.165, 1.54) is 6.08 Å². The quantitative estimate of drug-likeness (QED) is 0.720. The van der Waals surface area contributed by atoms with Crippen LogP contribution >= 0.6 is 0 Å². The molecule has 0 saturated carbocycles. The Hall–Kier alpha value is -2.08. The van der Waals surface area contributed by atoms with Crippen LogP contribution in [0.2, 0.25) is 0 Å². The molecule has 0 aliphatic rings. The Balaban J connectivity index is 3.19. The van der Waals surface area contributed by atoms with Crippen LogP contribution < -0.4 is 0 Å². The Kier molecular flexibility index (Phi) is 3.03. The highest BCUT2D eigenvalue weighted by molar-refractivity contribution is 5.86. The highest BCUT2D eigenvalue weighted by atomic mass is 16.4. The Morgan fingerprint density at radius 1 is 1.57 bits per heavy atom. The van der Waals surface area contributed by atoms with Crippen molar-refractivity contribution in [1.29, 1.82) is 5.26 Å². The zero-order valence-electron chi connectivity index (χ0n) is 7.69. The number of nitriles is 1. The summed E-state index contributed by atoms with van der Waals surface area (Å²) in [6.07, 6.45) is 2.47. The van der Waals surface area contributed by atoms with E-state index < -0.39 is 5.97 Å². The van der Waals surface area contributed by atoms with Gasteiger partial charge in [0.1, 0.15) is 0 Å². The number of benzene rings is 1. The third kappa shape index (κ3) is 2.20. The van der Waals surface area contributed by atoms with Crippen LogP contribution in [0, 0.1) is 18.3 Å². The molecule has 0 unspecified atom stereocenters. The first-order chi connectivity index (χ1) is 6.65. The van der Waals surface area contributed by atoms with Crippen LogP contribution in [0.3, 0.4) is 0 Å². The molecule has 0 bridgehead atoms. The molecule has 0 saturated heterocycles. The van der Waals surface area contributed by atoms with Crippen LogP contribution in [-0.4, -0.2) is 11.1 Å². The molecule has 0 aliphatic carbocycles. The van der Waals surface area contributed by atoms with Crippen LogP contribution in [0.25, 0.3) is 6.08 Å². The highest BCUT2D eigenvalue weighted by Crippen LogP contribution is 2.14. The number of carboxylic acid groups (broad SMARTS) is 1. The Labute approximate surface area is 81.9 Å². The number of nitrogens with zero attached hydrogens (tertiary/aromatic N) is 1. The number of carboxylic acids is 1. The van der Waals surface area contributed by atoms with Crippen LogP contribution in [0.15, 0.2) is 24.3 Å². The Morgan fingerprint density at radius 3 is 2.86 bits per heavy atom. The molecule has 1 aromatic rings. The maximum Gasteiger partial charge on any atom is 0.328 e. The molecule has 0 radical (unpaired) electrons. The van der Waals surface area contributed by atoms with Gasteiger partial charge in [0, 0.05) is 6.08 Å². The van der Waals surface area contributed by atoms with Crippen molar-refractivity contribution in [3.05, 3.63) is 41.0 Å². The first-order valence-corrected chi connectivity index (χ1v) is 4.06. The lowest BCUT2D eigenvalue weighted by atomic mass is 10.0. The molecule has 0 heterocycles. The van der Waals surface area contributed by atoms with Crippen molar-refractivity contribution in [2.75, 3.05) is 0 Å².